The zero-order chi connectivity index (χ0) is 10.8. The summed E-state index contributed by atoms with van der Waals surface area (Å²) in [6.07, 6.45) is -3.90. The number of halogens is 3. The Hall–Kier alpha value is -1.03. The van der Waals surface area contributed by atoms with E-state index in [0.29, 0.717) is 12.0 Å². The summed E-state index contributed by atoms with van der Waals surface area (Å²) >= 11 is 0. The van der Waals surface area contributed by atoms with Crippen LogP contribution in [0.1, 0.15) is 16.7 Å². The van der Waals surface area contributed by atoms with Gasteiger partial charge < -0.3 is 5.11 Å². The van der Waals surface area contributed by atoms with Crippen molar-refractivity contribution in [3.8, 4) is 0 Å². The van der Waals surface area contributed by atoms with Crippen LogP contribution in [0.15, 0.2) is 18.2 Å². The molecule has 1 aromatic rings. The van der Waals surface area contributed by atoms with Crippen LogP contribution in [0, 0.1) is 6.92 Å². The Morgan fingerprint density at radius 1 is 1.29 bits per heavy atom. The van der Waals surface area contributed by atoms with E-state index in [0.717, 1.165) is 17.7 Å². The second kappa shape index (κ2) is 4.00. The maximum absolute atomic E-state index is 12.2. The van der Waals surface area contributed by atoms with Crippen LogP contribution >= 0.6 is 0 Å². The van der Waals surface area contributed by atoms with E-state index in [9.17, 15) is 13.2 Å². The Morgan fingerprint density at radius 2 is 1.93 bits per heavy atom. The quantitative estimate of drug-likeness (QED) is 0.784. The molecule has 1 rings (SSSR count). The molecule has 14 heavy (non-hydrogen) atoms. The predicted molar refractivity (Wildman–Crippen MR) is 47.0 cm³/mol. The molecule has 0 aromatic heterocycles. The zero-order valence-electron chi connectivity index (χ0n) is 7.73. The third kappa shape index (κ3) is 2.48. The van der Waals surface area contributed by atoms with Gasteiger partial charge in [-0.25, -0.2) is 0 Å². The van der Waals surface area contributed by atoms with Crippen LogP contribution in [-0.2, 0) is 12.6 Å². The second-order valence-electron chi connectivity index (χ2n) is 3.11. The number of rotatable bonds is 2. The van der Waals surface area contributed by atoms with Gasteiger partial charge in [0.25, 0.3) is 0 Å². The van der Waals surface area contributed by atoms with E-state index in [1.165, 1.54) is 6.07 Å². The highest BCUT2D eigenvalue weighted by Gasteiger charge is 2.30. The van der Waals surface area contributed by atoms with Crippen molar-refractivity contribution in [1.29, 1.82) is 0 Å². The van der Waals surface area contributed by atoms with E-state index >= 15 is 0 Å². The Labute approximate surface area is 80.2 Å². The number of aliphatic hydroxyl groups excluding tert-OH is 1. The van der Waals surface area contributed by atoms with Gasteiger partial charge in [-0.15, -0.1) is 0 Å². The van der Waals surface area contributed by atoms with Crippen LogP contribution in [0.2, 0.25) is 0 Å². The van der Waals surface area contributed by atoms with Crippen molar-refractivity contribution in [2.24, 2.45) is 0 Å². The fourth-order valence-corrected chi connectivity index (χ4v) is 1.27. The molecule has 0 atom stereocenters. The van der Waals surface area contributed by atoms with Gasteiger partial charge in [0.15, 0.2) is 0 Å². The average molecular weight is 204 g/mol. The van der Waals surface area contributed by atoms with Crippen LogP contribution in [0.3, 0.4) is 0 Å². The van der Waals surface area contributed by atoms with Crippen molar-refractivity contribution in [1.82, 2.24) is 0 Å². The molecule has 0 heterocycles. The van der Waals surface area contributed by atoms with Crippen LogP contribution in [0.5, 0.6) is 0 Å². The molecule has 0 bridgehead atoms. The van der Waals surface area contributed by atoms with Crippen molar-refractivity contribution in [3.63, 3.8) is 0 Å². The minimum atomic E-state index is -4.29. The molecule has 1 aromatic carbocycles. The molecular formula is C10H11F3O. The number of hydrogen-bond donors (Lipinski definition) is 1. The van der Waals surface area contributed by atoms with Gasteiger partial charge in [0, 0.05) is 6.61 Å². The van der Waals surface area contributed by atoms with E-state index in [1.807, 2.05) is 0 Å². The molecule has 0 saturated heterocycles. The number of aliphatic hydroxyl groups is 1. The lowest BCUT2D eigenvalue weighted by Gasteiger charge is -2.10. The van der Waals surface area contributed by atoms with Gasteiger partial charge in [0.1, 0.15) is 0 Å². The molecule has 1 N–H and O–H groups in total. The first-order valence-electron chi connectivity index (χ1n) is 4.22. The predicted octanol–water partition coefficient (Wildman–Crippen LogP) is 2.55. The maximum Gasteiger partial charge on any atom is 0.416 e. The van der Waals surface area contributed by atoms with Gasteiger partial charge in [-0.3, -0.25) is 0 Å². The highest BCUT2D eigenvalue weighted by Crippen LogP contribution is 2.30. The summed E-state index contributed by atoms with van der Waals surface area (Å²) in [6.45, 7) is 1.56. The van der Waals surface area contributed by atoms with Crippen LogP contribution in [0.25, 0.3) is 0 Å². The van der Waals surface area contributed by atoms with Crippen molar-refractivity contribution in [3.05, 3.63) is 34.9 Å². The van der Waals surface area contributed by atoms with Crippen molar-refractivity contribution in [2.75, 3.05) is 6.61 Å². The topological polar surface area (TPSA) is 20.2 Å². The van der Waals surface area contributed by atoms with Gasteiger partial charge in [0.2, 0.25) is 0 Å². The summed E-state index contributed by atoms with van der Waals surface area (Å²) in [7, 11) is 0. The fraction of sp³-hybridized carbons (Fsp3) is 0.400. The average Bonchev–Trinajstić information content (AvgIpc) is 2.07. The Balaban J connectivity index is 3.01. The summed E-state index contributed by atoms with van der Waals surface area (Å²) in [6, 6.07) is 3.55. The van der Waals surface area contributed by atoms with E-state index in [1.54, 1.807) is 6.92 Å². The van der Waals surface area contributed by atoms with Crippen molar-refractivity contribution in [2.45, 2.75) is 19.5 Å². The van der Waals surface area contributed by atoms with Gasteiger partial charge >= 0.3 is 6.18 Å². The minimum Gasteiger partial charge on any atom is -0.396 e. The first-order valence-corrected chi connectivity index (χ1v) is 4.22. The van der Waals surface area contributed by atoms with Crippen molar-refractivity contribution >= 4 is 0 Å². The summed E-state index contributed by atoms with van der Waals surface area (Å²) in [5, 5.41) is 8.65. The van der Waals surface area contributed by atoms with E-state index in [-0.39, 0.29) is 6.61 Å². The van der Waals surface area contributed by atoms with E-state index in [4.69, 9.17) is 5.11 Å². The molecule has 0 spiro atoms. The third-order valence-electron chi connectivity index (χ3n) is 2.05. The molecule has 0 aliphatic heterocycles. The smallest absolute Gasteiger partial charge is 0.396 e. The normalized spacial score (nSPS) is 11.8. The number of hydrogen-bond acceptors (Lipinski definition) is 1. The summed E-state index contributed by atoms with van der Waals surface area (Å²) in [5.74, 6) is 0. The first kappa shape index (κ1) is 11.0. The SMILES string of the molecule is Cc1cc(C(F)(F)F)ccc1CCO. The molecule has 78 valence electrons. The Kier molecular flexibility index (Phi) is 3.16. The van der Waals surface area contributed by atoms with Gasteiger partial charge in [-0.05, 0) is 36.6 Å². The van der Waals surface area contributed by atoms with Crippen LogP contribution < -0.4 is 0 Å². The summed E-state index contributed by atoms with van der Waals surface area (Å²) < 4.78 is 36.7. The maximum atomic E-state index is 12.2. The zero-order valence-corrected chi connectivity index (χ0v) is 7.73. The largest absolute Gasteiger partial charge is 0.416 e. The molecular weight excluding hydrogens is 193 g/mol. The molecule has 4 heteroatoms. The summed E-state index contributed by atoms with van der Waals surface area (Å²) in [4.78, 5) is 0. The highest BCUT2D eigenvalue weighted by molar-refractivity contribution is 5.32. The molecule has 1 nitrogen and oxygen atoms in total. The molecule has 0 fully saturated rings. The number of benzene rings is 1. The molecule has 0 radical (unpaired) electrons. The Morgan fingerprint density at radius 3 is 2.36 bits per heavy atom. The first-order chi connectivity index (χ1) is 6.45. The number of alkyl halides is 3. The lowest BCUT2D eigenvalue weighted by atomic mass is 10.0. The van der Waals surface area contributed by atoms with E-state index < -0.39 is 11.7 Å². The third-order valence-corrected chi connectivity index (χ3v) is 2.05. The fourth-order valence-electron chi connectivity index (χ4n) is 1.27. The van der Waals surface area contributed by atoms with Gasteiger partial charge in [-0.1, -0.05) is 6.07 Å². The molecule has 0 aliphatic rings. The highest BCUT2D eigenvalue weighted by atomic mass is 19.4. The lowest BCUT2D eigenvalue weighted by molar-refractivity contribution is -0.137. The van der Waals surface area contributed by atoms with Gasteiger partial charge in [0.05, 0.1) is 5.56 Å². The van der Waals surface area contributed by atoms with Crippen LogP contribution in [0.4, 0.5) is 13.2 Å². The number of aryl methyl sites for hydroxylation is 1. The molecule has 0 amide bonds. The monoisotopic (exact) mass is 204 g/mol. The minimum absolute atomic E-state index is 0.0494. The summed E-state index contributed by atoms with van der Waals surface area (Å²) in [5.41, 5.74) is 0.672. The Bertz CT molecular complexity index is 318. The van der Waals surface area contributed by atoms with E-state index in [2.05, 4.69) is 0 Å². The lowest BCUT2D eigenvalue weighted by Crippen LogP contribution is -2.06. The molecule has 0 unspecified atom stereocenters. The van der Waals surface area contributed by atoms with Crippen molar-refractivity contribution < 1.29 is 18.3 Å². The molecule has 0 aliphatic carbocycles. The van der Waals surface area contributed by atoms with Crippen LogP contribution in [-0.4, -0.2) is 11.7 Å². The van der Waals surface area contributed by atoms with Gasteiger partial charge in [-0.2, -0.15) is 13.2 Å². The molecule has 0 saturated carbocycles. The second-order valence-corrected chi connectivity index (χ2v) is 3.11. The standard InChI is InChI=1S/C10H11F3O/c1-7-6-9(10(11,12)13)3-2-8(7)4-5-14/h2-3,6,14H,4-5H2,1H3.